The standard InChI is InChI=1S/C17H23N7/c1-10(2)24-11(3)14(9-20-24)21-17-22-15-13(6-7-18-15)16(23-17)19-8-12-4-5-12/h6-7,9-10,12H,4-5,8H2,1-3H3,(H3,18,19,21,22,23). The van der Waals surface area contributed by atoms with Crippen LogP contribution in [0.25, 0.3) is 11.0 Å². The SMILES string of the molecule is Cc1c(Nc2nc(NCC3CC3)c3cc[nH]c3n2)cnn1C(C)C. The number of anilines is 3. The molecule has 1 fully saturated rings. The Morgan fingerprint density at radius 3 is 2.88 bits per heavy atom. The molecule has 0 atom stereocenters. The van der Waals surface area contributed by atoms with Gasteiger partial charge in [0.25, 0.3) is 0 Å². The fourth-order valence-corrected chi connectivity index (χ4v) is 2.88. The van der Waals surface area contributed by atoms with E-state index < -0.39 is 0 Å². The van der Waals surface area contributed by atoms with Crippen LogP contribution in [0.15, 0.2) is 18.5 Å². The van der Waals surface area contributed by atoms with Crippen molar-refractivity contribution in [3.05, 3.63) is 24.2 Å². The highest BCUT2D eigenvalue weighted by Crippen LogP contribution is 2.30. The van der Waals surface area contributed by atoms with E-state index in [4.69, 9.17) is 0 Å². The van der Waals surface area contributed by atoms with Crippen molar-refractivity contribution in [3.63, 3.8) is 0 Å². The van der Waals surface area contributed by atoms with E-state index in [0.29, 0.717) is 12.0 Å². The molecule has 1 aliphatic carbocycles. The molecule has 0 aliphatic heterocycles. The number of aromatic amines is 1. The maximum Gasteiger partial charge on any atom is 0.231 e. The minimum Gasteiger partial charge on any atom is -0.369 e. The quantitative estimate of drug-likeness (QED) is 0.645. The third kappa shape index (κ3) is 2.81. The van der Waals surface area contributed by atoms with Crippen LogP contribution in [-0.4, -0.2) is 31.3 Å². The van der Waals surface area contributed by atoms with E-state index in [1.165, 1.54) is 12.8 Å². The fourth-order valence-electron chi connectivity index (χ4n) is 2.88. The van der Waals surface area contributed by atoms with Gasteiger partial charge in [-0.1, -0.05) is 0 Å². The number of hydrogen-bond acceptors (Lipinski definition) is 5. The molecule has 1 saturated carbocycles. The summed E-state index contributed by atoms with van der Waals surface area (Å²) in [6, 6.07) is 2.33. The first-order valence-electron chi connectivity index (χ1n) is 8.52. The summed E-state index contributed by atoms with van der Waals surface area (Å²) in [6.07, 6.45) is 6.35. The van der Waals surface area contributed by atoms with Gasteiger partial charge >= 0.3 is 0 Å². The predicted octanol–water partition coefficient (Wildman–Crippen LogP) is 3.61. The lowest BCUT2D eigenvalue weighted by Gasteiger charge is -2.11. The van der Waals surface area contributed by atoms with E-state index in [1.807, 2.05) is 23.1 Å². The van der Waals surface area contributed by atoms with Gasteiger partial charge < -0.3 is 15.6 Å². The zero-order valence-corrected chi connectivity index (χ0v) is 14.3. The molecule has 7 nitrogen and oxygen atoms in total. The van der Waals surface area contributed by atoms with Crippen LogP contribution in [-0.2, 0) is 0 Å². The molecule has 126 valence electrons. The second-order valence-electron chi connectivity index (χ2n) is 6.77. The van der Waals surface area contributed by atoms with Crippen LogP contribution < -0.4 is 10.6 Å². The van der Waals surface area contributed by atoms with Crippen LogP contribution in [0.4, 0.5) is 17.5 Å². The van der Waals surface area contributed by atoms with Gasteiger partial charge in [0.2, 0.25) is 5.95 Å². The number of nitrogens with one attached hydrogen (secondary N) is 3. The summed E-state index contributed by atoms with van der Waals surface area (Å²) >= 11 is 0. The Hall–Kier alpha value is -2.57. The van der Waals surface area contributed by atoms with Crippen LogP contribution in [0.5, 0.6) is 0 Å². The molecular weight excluding hydrogens is 302 g/mol. The van der Waals surface area contributed by atoms with E-state index in [2.05, 4.69) is 51.5 Å². The first-order valence-corrected chi connectivity index (χ1v) is 8.52. The lowest BCUT2D eigenvalue weighted by Crippen LogP contribution is -2.08. The lowest BCUT2D eigenvalue weighted by molar-refractivity contribution is 0.519. The van der Waals surface area contributed by atoms with Gasteiger partial charge in [0.15, 0.2) is 0 Å². The Balaban J connectivity index is 1.63. The highest BCUT2D eigenvalue weighted by molar-refractivity contribution is 5.88. The molecule has 24 heavy (non-hydrogen) atoms. The molecule has 3 heterocycles. The van der Waals surface area contributed by atoms with Gasteiger partial charge in [-0.25, -0.2) is 0 Å². The summed E-state index contributed by atoms with van der Waals surface area (Å²) in [5.41, 5.74) is 2.84. The average Bonchev–Trinajstić information content (AvgIpc) is 3.14. The Labute approximate surface area is 140 Å². The van der Waals surface area contributed by atoms with Gasteiger partial charge in [-0.05, 0) is 45.6 Å². The Morgan fingerprint density at radius 1 is 1.33 bits per heavy atom. The molecule has 0 bridgehead atoms. The first kappa shape index (κ1) is 15.0. The number of hydrogen-bond donors (Lipinski definition) is 3. The topological polar surface area (TPSA) is 83.4 Å². The van der Waals surface area contributed by atoms with Crippen molar-refractivity contribution >= 4 is 28.5 Å². The number of aromatic nitrogens is 5. The number of nitrogens with zero attached hydrogens (tertiary/aromatic N) is 4. The number of H-pyrrole nitrogens is 1. The van der Waals surface area contributed by atoms with Crippen molar-refractivity contribution in [2.75, 3.05) is 17.2 Å². The summed E-state index contributed by atoms with van der Waals surface area (Å²) in [4.78, 5) is 12.4. The van der Waals surface area contributed by atoms with Crippen molar-refractivity contribution < 1.29 is 0 Å². The molecule has 0 saturated heterocycles. The maximum absolute atomic E-state index is 4.67. The Kier molecular flexibility index (Phi) is 3.63. The molecular formula is C17H23N7. The van der Waals surface area contributed by atoms with Gasteiger partial charge in [-0.3, -0.25) is 4.68 Å². The first-order chi connectivity index (χ1) is 11.6. The van der Waals surface area contributed by atoms with E-state index in [-0.39, 0.29) is 0 Å². The second kappa shape index (κ2) is 5.81. The minimum absolute atomic E-state index is 0.322. The minimum atomic E-state index is 0.322. The van der Waals surface area contributed by atoms with E-state index in [1.54, 1.807) is 0 Å². The van der Waals surface area contributed by atoms with Gasteiger partial charge in [0, 0.05) is 18.8 Å². The van der Waals surface area contributed by atoms with E-state index >= 15 is 0 Å². The summed E-state index contributed by atoms with van der Waals surface area (Å²) < 4.78 is 1.99. The van der Waals surface area contributed by atoms with Gasteiger partial charge in [0.1, 0.15) is 11.5 Å². The normalized spacial score (nSPS) is 14.5. The maximum atomic E-state index is 4.67. The molecule has 3 aromatic rings. The zero-order valence-electron chi connectivity index (χ0n) is 14.3. The third-order valence-corrected chi connectivity index (χ3v) is 4.45. The number of rotatable bonds is 6. The summed E-state index contributed by atoms with van der Waals surface area (Å²) in [5, 5.41) is 12.2. The predicted molar refractivity (Wildman–Crippen MR) is 95.7 cm³/mol. The van der Waals surface area contributed by atoms with Crippen LogP contribution in [0.1, 0.15) is 38.4 Å². The average molecular weight is 325 g/mol. The molecule has 4 rings (SSSR count). The molecule has 0 amide bonds. The number of fused-ring (bicyclic) bond motifs is 1. The molecule has 3 aromatic heterocycles. The second-order valence-corrected chi connectivity index (χ2v) is 6.77. The Bertz CT molecular complexity index is 857. The molecule has 1 aliphatic rings. The van der Waals surface area contributed by atoms with Crippen molar-refractivity contribution in [2.45, 2.75) is 39.7 Å². The summed E-state index contributed by atoms with van der Waals surface area (Å²) in [6.45, 7) is 7.26. The molecule has 0 aromatic carbocycles. The third-order valence-electron chi connectivity index (χ3n) is 4.45. The molecule has 0 radical (unpaired) electrons. The van der Waals surface area contributed by atoms with Crippen LogP contribution >= 0.6 is 0 Å². The van der Waals surface area contributed by atoms with Crippen molar-refractivity contribution in [3.8, 4) is 0 Å². The van der Waals surface area contributed by atoms with Crippen LogP contribution in [0, 0.1) is 12.8 Å². The highest BCUT2D eigenvalue weighted by atomic mass is 15.3. The van der Waals surface area contributed by atoms with Gasteiger partial charge in [-0.2, -0.15) is 15.1 Å². The summed E-state index contributed by atoms with van der Waals surface area (Å²) in [5.74, 6) is 2.25. The molecule has 0 unspecified atom stereocenters. The lowest BCUT2D eigenvalue weighted by atomic mass is 10.3. The van der Waals surface area contributed by atoms with Crippen molar-refractivity contribution in [2.24, 2.45) is 5.92 Å². The summed E-state index contributed by atoms with van der Waals surface area (Å²) in [7, 11) is 0. The zero-order chi connectivity index (χ0) is 16.7. The van der Waals surface area contributed by atoms with Crippen molar-refractivity contribution in [1.29, 1.82) is 0 Å². The monoisotopic (exact) mass is 325 g/mol. The Morgan fingerprint density at radius 2 is 2.17 bits per heavy atom. The smallest absolute Gasteiger partial charge is 0.231 e. The van der Waals surface area contributed by atoms with E-state index in [9.17, 15) is 0 Å². The fraction of sp³-hybridized carbons (Fsp3) is 0.471. The van der Waals surface area contributed by atoms with Gasteiger partial charge in [0.05, 0.1) is 23.0 Å². The van der Waals surface area contributed by atoms with Crippen molar-refractivity contribution in [1.82, 2.24) is 24.7 Å². The molecule has 3 N–H and O–H groups in total. The molecule has 7 heteroatoms. The van der Waals surface area contributed by atoms with Crippen LogP contribution in [0.3, 0.4) is 0 Å². The van der Waals surface area contributed by atoms with Gasteiger partial charge in [-0.15, -0.1) is 0 Å². The van der Waals surface area contributed by atoms with Crippen LogP contribution in [0.2, 0.25) is 0 Å². The molecule has 0 spiro atoms. The highest BCUT2D eigenvalue weighted by Gasteiger charge is 2.21. The largest absolute Gasteiger partial charge is 0.369 e. The van der Waals surface area contributed by atoms with E-state index in [0.717, 1.165) is 40.7 Å².